The number of carbonyl (C=O) groups is 3. The Morgan fingerprint density at radius 3 is 2.17 bits per heavy atom. The Balaban J connectivity index is 1.22. The van der Waals surface area contributed by atoms with Gasteiger partial charge >= 0.3 is 0 Å². The molecule has 0 heterocycles. The summed E-state index contributed by atoms with van der Waals surface area (Å²) >= 11 is 7.39. The average molecular weight is 592 g/mol. The van der Waals surface area contributed by atoms with E-state index in [-0.39, 0.29) is 17.4 Å². The van der Waals surface area contributed by atoms with Gasteiger partial charge in [-0.05, 0) is 71.6 Å². The Bertz CT molecular complexity index is 1750. The summed E-state index contributed by atoms with van der Waals surface area (Å²) < 4.78 is 0. The van der Waals surface area contributed by atoms with Gasteiger partial charge in [-0.2, -0.15) is 0 Å². The minimum absolute atomic E-state index is 0.0785. The highest BCUT2D eigenvalue weighted by atomic mass is 35.5. The average Bonchev–Trinajstić information content (AvgIpc) is 3.02. The summed E-state index contributed by atoms with van der Waals surface area (Å²) in [6.45, 7) is 0. The molecular formula is C34H26ClN3O3S. The molecule has 42 heavy (non-hydrogen) atoms. The molecule has 0 saturated carbocycles. The van der Waals surface area contributed by atoms with E-state index in [1.54, 1.807) is 66.7 Å². The SMILES string of the molecule is O=C(CSc1ccc(NC(=O)/C(=C/c2ccc(Cl)cc2)NC(=O)c2ccccc2)cc1)Nc1cccc2ccccc12. The molecule has 6 nitrogen and oxygen atoms in total. The lowest BCUT2D eigenvalue weighted by Gasteiger charge is -2.12. The van der Waals surface area contributed by atoms with Gasteiger partial charge in [-0.25, -0.2) is 0 Å². The molecule has 5 aromatic rings. The van der Waals surface area contributed by atoms with Gasteiger partial charge in [0.25, 0.3) is 11.8 Å². The Kier molecular flexibility index (Phi) is 9.33. The van der Waals surface area contributed by atoms with E-state index in [1.807, 2.05) is 60.7 Å². The first-order valence-corrected chi connectivity index (χ1v) is 14.5. The number of nitrogens with one attached hydrogen (secondary N) is 3. The maximum atomic E-state index is 13.2. The molecule has 0 spiro atoms. The van der Waals surface area contributed by atoms with Crippen LogP contribution in [0.3, 0.4) is 0 Å². The van der Waals surface area contributed by atoms with Crippen molar-refractivity contribution < 1.29 is 14.4 Å². The van der Waals surface area contributed by atoms with E-state index in [4.69, 9.17) is 11.6 Å². The number of halogens is 1. The maximum absolute atomic E-state index is 13.2. The van der Waals surface area contributed by atoms with Crippen LogP contribution in [0.1, 0.15) is 15.9 Å². The van der Waals surface area contributed by atoms with Crippen LogP contribution in [0.15, 0.2) is 132 Å². The molecule has 3 N–H and O–H groups in total. The second-order valence-electron chi connectivity index (χ2n) is 9.27. The van der Waals surface area contributed by atoms with Crippen LogP contribution in [0.4, 0.5) is 11.4 Å². The third-order valence-corrected chi connectivity index (χ3v) is 7.52. The van der Waals surface area contributed by atoms with Gasteiger partial charge in [0.2, 0.25) is 5.91 Å². The van der Waals surface area contributed by atoms with Crippen molar-refractivity contribution in [1.82, 2.24) is 5.32 Å². The molecule has 0 aliphatic rings. The monoisotopic (exact) mass is 591 g/mol. The highest BCUT2D eigenvalue weighted by molar-refractivity contribution is 8.00. The summed E-state index contributed by atoms with van der Waals surface area (Å²) in [5.74, 6) is -0.766. The number of carbonyl (C=O) groups excluding carboxylic acids is 3. The van der Waals surface area contributed by atoms with Gasteiger partial charge < -0.3 is 16.0 Å². The first-order valence-electron chi connectivity index (χ1n) is 13.1. The zero-order valence-electron chi connectivity index (χ0n) is 22.3. The van der Waals surface area contributed by atoms with Crippen LogP contribution >= 0.6 is 23.4 Å². The van der Waals surface area contributed by atoms with Gasteiger partial charge in [0, 0.05) is 32.2 Å². The molecule has 0 saturated heterocycles. The van der Waals surface area contributed by atoms with Crippen molar-refractivity contribution in [1.29, 1.82) is 0 Å². The fourth-order valence-electron chi connectivity index (χ4n) is 4.17. The molecule has 0 aromatic heterocycles. The smallest absolute Gasteiger partial charge is 0.272 e. The number of hydrogen-bond acceptors (Lipinski definition) is 4. The minimum atomic E-state index is -0.482. The third-order valence-electron chi connectivity index (χ3n) is 6.26. The van der Waals surface area contributed by atoms with Crippen LogP contribution in [0, 0.1) is 0 Å². The second-order valence-corrected chi connectivity index (χ2v) is 10.8. The summed E-state index contributed by atoms with van der Waals surface area (Å²) in [5.41, 5.74) is 2.53. The van der Waals surface area contributed by atoms with E-state index in [0.717, 1.165) is 21.4 Å². The molecule has 0 radical (unpaired) electrons. The van der Waals surface area contributed by atoms with Gasteiger partial charge in [0.05, 0.1) is 5.75 Å². The fraction of sp³-hybridized carbons (Fsp3) is 0.0294. The van der Waals surface area contributed by atoms with Crippen molar-refractivity contribution in [3.8, 4) is 0 Å². The highest BCUT2D eigenvalue weighted by Gasteiger charge is 2.15. The molecule has 0 fully saturated rings. The van der Waals surface area contributed by atoms with Crippen LogP contribution in [-0.2, 0) is 9.59 Å². The predicted molar refractivity (Wildman–Crippen MR) is 172 cm³/mol. The topological polar surface area (TPSA) is 87.3 Å². The largest absolute Gasteiger partial charge is 0.325 e. The molecule has 0 atom stereocenters. The van der Waals surface area contributed by atoms with E-state index < -0.39 is 11.8 Å². The van der Waals surface area contributed by atoms with Crippen molar-refractivity contribution in [3.05, 3.63) is 143 Å². The molecule has 3 amide bonds. The minimum Gasteiger partial charge on any atom is -0.325 e. The summed E-state index contributed by atoms with van der Waals surface area (Å²) in [6.07, 6.45) is 1.59. The van der Waals surface area contributed by atoms with E-state index >= 15 is 0 Å². The molecule has 0 unspecified atom stereocenters. The van der Waals surface area contributed by atoms with Gasteiger partial charge in [-0.15, -0.1) is 11.8 Å². The zero-order valence-corrected chi connectivity index (χ0v) is 23.9. The number of hydrogen-bond donors (Lipinski definition) is 3. The molecule has 0 aliphatic carbocycles. The van der Waals surface area contributed by atoms with E-state index in [1.165, 1.54) is 11.8 Å². The number of anilines is 2. The maximum Gasteiger partial charge on any atom is 0.272 e. The molecule has 5 rings (SSSR count). The molecule has 0 bridgehead atoms. The van der Waals surface area contributed by atoms with Crippen LogP contribution in [-0.4, -0.2) is 23.5 Å². The van der Waals surface area contributed by atoms with Crippen LogP contribution < -0.4 is 16.0 Å². The summed E-state index contributed by atoms with van der Waals surface area (Å²) in [6, 6.07) is 36.5. The van der Waals surface area contributed by atoms with Crippen LogP contribution in [0.2, 0.25) is 5.02 Å². The zero-order chi connectivity index (χ0) is 29.3. The first-order chi connectivity index (χ1) is 20.4. The number of fused-ring (bicyclic) bond motifs is 1. The fourth-order valence-corrected chi connectivity index (χ4v) is 5.00. The van der Waals surface area contributed by atoms with E-state index in [9.17, 15) is 14.4 Å². The lowest BCUT2D eigenvalue weighted by Crippen LogP contribution is -2.30. The van der Waals surface area contributed by atoms with Gasteiger partial charge in [-0.1, -0.05) is 78.3 Å². The lowest BCUT2D eigenvalue weighted by atomic mass is 10.1. The number of benzene rings is 5. The summed E-state index contributed by atoms with van der Waals surface area (Å²) in [7, 11) is 0. The molecule has 8 heteroatoms. The van der Waals surface area contributed by atoms with Crippen molar-refractivity contribution in [3.63, 3.8) is 0 Å². The van der Waals surface area contributed by atoms with Crippen molar-refractivity contribution in [2.75, 3.05) is 16.4 Å². The van der Waals surface area contributed by atoms with E-state index in [2.05, 4.69) is 16.0 Å². The number of rotatable bonds is 9. The predicted octanol–water partition coefficient (Wildman–Crippen LogP) is 7.63. The van der Waals surface area contributed by atoms with Crippen molar-refractivity contribution in [2.45, 2.75) is 4.90 Å². The second kappa shape index (κ2) is 13.7. The van der Waals surface area contributed by atoms with Crippen LogP contribution in [0.5, 0.6) is 0 Å². The molecule has 208 valence electrons. The Morgan fingerprint density at radius 2 is 1.40 bits per heavy atom. The van der Waals surface area contributed by atoms with Gasteiger partial charge in [-0.3, -0.25) is 14.4 Å². The molecule has 0 aliphatic heterocycles. The van der Waals surface area contributed by atoms with E-state index in [0.29, 0.717) is 21.8 Å². The Hall–Kier alpha value is -4.85. The molecule has 5 aromatic carbocycles. The highest BCUT2D eigenvalue weighted by Crippen LogP contribution is 2.25. The van der Waals surface area contributed by atoms with Crippen LogP contribution in [0.25, 0.3) is 16.8 Å². The third kappa shape index (κ3) is 7.66. The lowest BCUT2D eigenvalue weighted by molar-refractivity contribution is -0.114. The summed E-state index contributed by atoms with van der Waals surface area (Å²) in [4.78, 5) is 39.6. The van der Waals surface area contributed by atoms with Crippen molar-refractivity contribution >= 4 is 69.3 Å². The first kappa shape index (κ1) is 28.7. The summed E-state index contributed by atoms with van der Waals surface area (Å²) in [5, 5.41) is 11.2. The van der Waals surface area contributed by atoms with Gasteiger partial charge in [0.1, 0.15) is 5.70 Å². The van der Waals surface area contributed by atoms with Gasteiger partial charge in [0.15, 0.2) is 0 Å². The standard InChI is InChI=1S/C34H26ClN3O3S/c35-26-15-13-23(14-16-26)21-31(38-33(40)25-8-2-1-3-9-25)34(41)36-27-17-19-28(20-18-27)42-22-32(39)37-30-12-6-10-24-7-4-5-11-29(24)30/h1-21H,22H2,(H,36,41)(H,37,39)(H,38,40)/b31-21-. The Labute approximate surface area is 252 Å². The Morgan fingerprint density at radius 1 is 0.714 bits per heavy atom. The number of amides is 3. The molecular weight excluding hydrogens is 566 g/mol. The normalized spacial score (nSPS) is 11.1. The quantitative estimate of drug-likeness (QED) is 0.121. The van der Waals surface area contributed by atoms with Crippen molar-refractivity contribution in [2.24, 2.45) is 0 Å². The number of thioether (sulfide) groups is 1.